The molecular weight excluding hydrogens is 268 g/mol. The number of nitrogens with zero attached hydrogens (tertiary/aromatic N) is 1. The molecular formula is C11H8ClF2NOS. The molecule has 0 N–H and O–H groups in total. The van der Waals surface area contributed by atoms with Crippen molar-refractivity contribution in [2.24, 2.45) is 0 Å². The monoisotopic (exact) mass is 275 g/mol. The maximum absolute atomic E-state index is 11.9. The lowest BCUT2D eigenvalue weighted by Crippen LogP contribution is -2.01. The van der Waals surface area contributed by atoms with E-state index in [1.54, 1.807) is 12.1 Å². The number of hydrogen-bond acceptors (Lipinski definition) is 3. The number of alkyl halides is 3. The molecule has 0 aliphatic carbocycles. The van der Waals surface area contributed by atoms with Crippen molar-refractivity contribution >= 4 is 22.9 Å². The van der Waals surface area contributed by atoms with Crippen molar-refractivity contribution in [1.82, 2.24) is 4.98 Å². The van der Waals surface area contributed by atoms with Crippen LogP contribution in [0.15, 0.2) is 29.6 Å². The van der Waals surface area contributed by atoms with Gasteiger partial charge < -0.3 is 4.74 Å². The van der Waals surface area contributed by atoms with Crippen LogP contribution in [0.1, 0.15) is 5.69 Å². The molecule has 90 valence electrons. The van der Waals surface area contributed by atoms with E-state index in [1.165, 1.54) is 23.5 Å². The normalized spacial score (nSPS) is 10.8. The average Bonchev–Trinajstić information content (AvgIpc) is 2.78. The van der Waals surface area contributed by atoms with E-state index < -0.39 is 6.61 Å². The summed E-state index contributed by atoms with van der Waals surface area (Å²) in [5.41, 5.74) is 1.66. The minimum absolute atomic E-state index is 0.137. The lowest BCUT2D eigenvalue weighted by Gasteiger charge is -2.04. The fourth-order valence-electron chi connectivity index (χ4n) is 1.28. The molecule has 0 aliphatic heterocycles. The van der Waals surface area contributed by atoms with E-state index in [0.717, 1.165) is 16.3 Å². The third-order valence-electron chi connectivity index (χ3n) is 2.02. The van der Waals surface area contributed by atoms with Gasteiger partial charge in [0.15, 0.2) is 0 Å². The van der Waals surface area contributed by atoms with Gasteiger partial charge in [0.2, 0.25) is 0 Å². The van der Waals surface area contributed by atoms with E-state index in [9.17, 15) is 8.78 Å². The first kappa shape index (κ1) is 12.3. The zero-order valence-electron chi connectivity index (χ0n) is 8.57. The van der Waals surface area contributed by atoms with E-state index in [2.05, 4.69) is 9.72 Å². The van der Waals surface area contributed by atoms with Gasteiger partial charge in [-0.2, -0.15) is 8.78 Å². The predicted molar refractivity (Wildman–Crippen MR) is 63.7 cm³/mol. The molecule has 1 aromatic carbocycles. The van der Waals surface area contributed by atoms with Crippen LogP contribution in [0.25, 0.3) is 10.6 Å². The largest absolute Gasteiger partial charge is 0.435 e. The van der Waals surface area contributed by atoms with Crippen LogP contribution in [-0.4, -0.2) is 11.6 Å². The molecule has 0 spiro atoms. The molecule has 0 radical (unpaired) electrons. The van der Waals surface area contributed by atoms with Crippen LogP contribution in [0.2, 0.25) is 0 Å². The van der Waals surface area contributed by atoms with Crippen LogP contribution in [0.5, 0.6) is 5.75 Å². The lowest BCUT2D eigenvalue weighted by atomic mass is 10.2. The van der Waals surface area contributed by atoms with Crippen molar-refractivity contribution in [1.29, 1.82) is 0 Å². The summed E-state index contributed by atoms with van der Waals surface area (Å²) in [5.74, 6) is 0.501. The van der Waals surface area contributed by atoms with Crippen LogP contribution < -0.4 is 4.74 Å². The Bertz CT molecular complexity index is 486. The Kier molecular flexibility index (Phi) is 3.91. The second kappa shape index (κ2) is 5.42. The molecule has 0 saturated carbocycles. The minimum Gasteiger partial charge on any atom is -0.435 e. The van der Waals surface area contributed by atoms with Gasteiger partial charge in [0, 0.05) is 10.9 Å². The van der Waals surface area contributed by atoms with Gasteiger partial charge in [-0.25, -0.2) is 4.98 Å². The minimum atomic E-state index is -2.80. The summed E-state index contributed by atoms with van der Waals surface area (Å²) in [4.78, 5) is 4.29. The van der Waals surface area contributed by atoms with Gasteiger partial charge in [0.25, 0.3) is 0 Å². The van der Waals surface area contributed by atoms with Gasteiger partial charge in [-0.05, 0) is 24.3 Å². The van der Waals surface area contributed by atoms with Crippen molar-refractivity contribution in [3.05, 3.63) is 35.3 Å². The molecule has 0 unspecified atom stereocenters. The van der Waals surface area contributed by atoms with Crippen LogP contribution in [0, 0.1) is 0 Å². The molecule has 6 heteroatoms. The third kappa shape index (κ3) is 3.14. The van der Waals surface area contributed by atoms with Gasteiger partial charge in [0.1, 0.15) is 10.8 Å². The van der Waals surface area contributed by atoms with Crippen molar-refractivity contribution in [2.75, 3.05) is 0 Å². The first-order valence-electron chi connectivity index (χ1n) is 4.74. The maximum Gasteiger partial charge on any atom is 0.387 e. The molecule has 1 heterocycles. The van der Waals surface area contributed by atoms with E-state index in [1.807, 2.05) is 5.38 Å². The fraction of sp³-hybridized carbons (Fsp3) is 0.182. The Balaban J connectivity index is 2.17. The van der Waals surface area contributed by atoms with Crippen molar-refractivity contribution < 1.29 is 13.5 Å². The Morgan fingerprint density at radius 2 is 2.00 bits per heavy atom. The number of aromatic nitrogens is 1. The van der Waals surface area contributed by atoms with Crippen molar-refractivity contribution in [3.8, 4) is 16.3 Å². The molecule has 0 aliphatic rings. The van der Waals surface area contributed by atoms with Gasteiger partial charge in [-0.15, -0.1) is 22.9 Å². The highest BCUT2D eigenvalue weighted by Gasteiger charge is 2.06. The SMILES string of the molecule is FC(F)Oc1ccc(-c2nc(CCl)cs2)cc1. The summed E-state index contributed by atoms with van der Waals surface area (Å²) >= 11 is 7.11. The topological polar surface area (TPSA) is 22.1 Å². The maximum atomic E-state index is 11.9. The van der Waals surface area contributed by atoms with Crippen molar-refractivity contribution in [2.45, 2.75) is 12.5 Å². The number of thiazole rings is 1. The lowest BCUT2D eigenvalue weighted by molar-refractivity contribution is -0.0498. The van der Waals surface area contributed by atoms with Gasteiger partial charge in [-0.1, -0.05) is 0 Å². The molecule has 2 nitrogen and oxygen atoms in total. The Hall–Kier alpha value is -1.20. The molecule has 2 aromatic rings. The van der Waals surface area contributed by atoms with Crippen LogP contribution in [0.3, 0.4) is 0 Å². The summed E-state index contributed by atoms with van der Waals surface area (Å²) in [6, 6.07) is 6.36. The first-order chi connectivity index (χ1) is 8.19. The molecule has 2 rings (SSSR count). The number of hydrogen-bond donors (Lipinski definition) is 0. The highest BCUT2D eigenvalue weighted by Crippen LogP contribution is 2.26. The Morgan fingerprint density at radius 1 is 1.29 bits per heavy atom. The summed E-state index contributed by atoms with van der Waals surface area (Å²) in [5, 5.41) is 2.68. The molecule has 0 fully saturated rings. The van der Waals surface area contributed by atoms with Crippen LogP contribution in [0.4, 0.5) is 8.78 Å². The average molecular weight is 276 g/mol. The molecule has 0 saturated heterocycles. The number of rotatable bonds is 4. The van der Waals surface area contributed by atoms with Gasteiger partial charge >= 0.3 is 6.61 Å². The summed E-state index contributed by atoms with van der Waals surface area (Å²) in [6.45, 7) is -2.80. The summed E-state index contributed by atoms with van der Waals surface area (Å²) in [6.07, 6.45) is 0. The Labute approximate surface area is 106 Å². The zero-order valence-corrected chi connectivity index (χ0v) is 10.1. The van der Waals surface area contributed by atoms with Crippen molar-refractivity contribution in [3.63, 3.8) is 0 Å². The summed E-state index contributed by atoms with van der Waals surface area (Å²) < 4.78 is 28.2. The summed E-state index contributed by atoms with van der Waals surface area (Å²) in [7, 11) is 0. The number of benzene rings is 1. The molecule has 17 heavy (non-hydrogen) atoms. The second-order valence-corrected chi connectivity index (χ2v) is 4.31. The Morgan fingerprint density at radius 3 is 2.53 bits per heavy atom. The van der Waals surface area contributed by atoms with E-state index in [-0.39, 0.29) is 5.75 Å². The van der Waals surface area contributed by atoms with Crippen LogP contribution in [-0.2, 0) is 5.88 Å². The van der Waals surface area contributed by atoms with Gasteiger partial charge in [-0.3, -0.25) is 0 Å². The predicted octanol–water partition coefficient (Wildman–Crippen LogP) is 4.15. The quantitative estimate of drug-likeness (QED) is 0.782. The van der Waals surface area contributed by atoms with E-state index >= 15 is 0 Å². The third-order valence-corrected chi connectivity index (χ3v) is 3.23. The number of halogens is 3. The standard InChI is InChI=1S/C11H8ClF2NOS/c12-5-8-6-17-10(15-8)7-1-3-9(4-2-7)16-11(13)14/h1-4,6,11H,5H2. The highest BCUT2D eigenvalue weighted by atomic mass is 35.5. The zero-order chi connectivity index (χ0) is 12.3. The second-order valence-electron chi connectivity index (χ2n) is 3.18. The smallest absolute Gasteiger partial charge is 0.387 e. The fourth-order valence-corrected chi connectivity index (χ4v) is 2.33. The number of ether oxygens (including phenoxy) is 1. The highest BCUT2D eigenvalue weighted by molar-refractivity contribution is 7.13. The first-order valence-corrected chi connectivity index (χ1v) is 6.16. The van der Waals surface area contributed by atoms with E-state index in [4.69, 9.17) is 11.6 Å². The van der Waals surface area contributed by atoms with Crippen LogP contribution >= 0.6 is 22.9 Å². The molecule has 0 amide bonds. The molecule has 0 bridgehead atoms. The molecule has 1 aromatic heterocycles. The molecule has 0 atom stereocenters. The van der Waals surface area contributed by atoms with Gasteiger partial charge in [0.05, 0.1) is 11.6 Å². The van der Waals surface area contributed by atoms with E-state index in [0.29, 0.717) is 5.88 Å².